The summed E-state index contributed by atoms with van der Waals surface area (Å²) in [7, 11) is 1.09. The van der Waals surface area contributed by atoms with Crippen LogP contribution in [0.1, 0.15) is 33.6 Å². The maximum atomic E-state index is 12.4. The molecule has 1 aromatic rings. The first kappa shape index (κ1) is 16.4. The van der Waals surface area contributed by atoms with E-state index in [1.165, 1.54) is 0 Å². The number of esters is 1. The van der Waals surface area contributed by atoms with Gasteiger partial charge in [0.05, 0.1) is 17.7 Å². The van der Waals surface area contributed by atoms with E-state index in [0.29, 0.717) is 0 Å². The number of rotatable bonds is 4. The number of ether oxygens (including phenoxy) is 2. The molecule has 5 nitrogen and oxygen atoms in total. The second kappa shape index (κ2) is 6.04. The predicted octanol–water partition coefficient (Wildman–Crippen LogP) is 2.92. The van der Waals surface area contributed by atoms with E-state index in [-0.39, 0.29) is 11.6 Å². The number of carbonyl (C=O) groups excluding carboxylic acids is 2. The fraction of sp³-hybridized carbons (Fsp3) is 0.385. The van der Waals surface area contributed by atoms with Crippen LogP contribution in [-0.2, 0) is 4.74 Å². The molecule has 0 unspecified atom stereocenters. The Morgan fingerprint density at radius 3 is 2.45 bits per heavy atom. The highest BCUT2D eigenvalue weighted by atomic mass is 35.5. The Kier molecular flexibility index (Phi) is 4.50. The third-order valence-corrected chi connectivity index (χ3v) is 3.27. The predicted molar refractivity (Wildman–Crippen MR) is 70.0 cm³/mol. The van der Waals surface area contributed by atoms with Crippen LogP contribution >= 0.6 is 11.6 Å². The Bertz CT molecular complexity index is 614. The van der Waals surface area contributed by atoms with Crippen LogP contribution in [0.2, 0.25) is 5.02 Å². The molecule has 1 amide bonds. The van der Waals surface area contributed by atoms with Crippen molar-refractivity contribution in [1.29, 1.82) is 0 Å². The lowest BCUT2D eigenvalue weighted by atomic mass is 10.1. The summed E-state index contributed by atoms with van der Waals surface area (Å²) in [5.74, 6) is -2.48. The smallest absolute Gasteiger partial charge is 0.465 e. The molecular formula is C13H11ClF3NO4. The van der Waals surface area contributed by atoms with E-state index in [4.69, 9.17) is 11.6 Å². The number of methoxy groups -OCH3 is 1. The molecule has 0 radical (unpaired) electrons. The summed E-state index contributed by atoms with van der Waals surface area (Å²) in [5.41, 5.74) is -0.770. The molecule has 1 N–H and O–H groups in total. The van der Waals surface area contributed by atoms with Gasteiger partial charge in [0.1, 0.15) is 11.3 Å². The summed E-state index contributed by atoms with van der Waals surface area (Å²) < 4.78 is 45.6. The van der Waals surface area contributed by atoms with Crippen LogP contribution in [0, 0.1) is 0 Å². The Balaban J connectivity index is 2.46. The zero-order chi connectivity index (χ0) is 16.5. The molecule has 0 heterocycles. The summed E-state index contributed by atoms with van der Waals surface area (Å²) >= 11 is 5.91. The van der Waals surface area contributed by atoms with Crippen molar-refractivity contribution in [2.24, 2.45) is 0 Å². The maximum Gasteiger partial charge on any atom is 0.573 e. The third kappa shape index (κ3) is 3.82. The van der Waals surface area contributed by atoms with Gasteiger partial charge < -0.3 is 14.8 Å². The molecule has 0 aromatic heterocycles. The Hall–Kier alpha value is -1.96. The van der Waals surface area contributed by atoms with Crippen molar-refractivity contribution in [2.75, 3.05) is 7.11 Å². The van der Waals surface area contributed by atoms with Crippen LogP contribution in [0.3, 0.4) is 0 Å². The minimum absolute atomic E-state index is 0.107. The number of halogens is 4. The molecule has 2 rings (SSSR count). The van der Waals surface area contributed by atoms with E-state index in [2.05, 4.69) is 14.8 Å². The summed E-state index contributed by atoms with van der Waals surface area (Å²) in [6.07, 6.45) is -3.53. The van der Waals surface area contributed by atoms with Crippen LogP contribution < -0.4 is 10.1 Å². The molecule has 0 bridgehead atoms. The van der Waals surface area contributed by atoms with Gasteiger partial charge in [0.25, 0.3) is 5.91 Å². The van der Waals surface area contributed by atoms with E-state index < -0.39 is 34.6 Å². The van der Waals surface area contributed by atoms with Crippen LogP contribution in [-0.4, -0.2) is 31.4 Å². The first-order valence-corrected chi connectivity index (χ1v) is 6.58. The zero-order valence-electron chi connectivity index (χ0n) is 11.3. The molecule has 0 aliphatic heterocycles. The van der Waals surface area contributed by atoms with Gasteiger partial charge in [-0.15, -0.1) is 13.2 Å². The van der Waals surface area contributed by atoms with Crippen LogP contribution in [0.15, 0.2) is 12.1 Å². The van der Waals surface area contributed by atoms with Gasteiger partial charge in [0.15, 0.2) is 0 Å². The average Bonchev–Trinajstić information content (AvgIpc) is 3.20. The lowest BCUT2D eigenvalue weighted by Gasteiger charge is -2.16. The summed E-state index contributed by atoms with van der Waals surface area (Å²) in [6.45, 7) is 0. The van der Waals surface area contributed by atoms with Crippen molar-refractivity contribution in [1.82, 2.24) is 5.32 Å². The largest absolute Gasteiger partial charge is 0.573 e. The molecule has 120 valence electrons. The van der Waals surface area contributed by atoms with Crippen molar-refractivity contribution in [3.05, 3.63) is 28.3 Å². The number of benzene rings is 1. The van der Waals surface area contributed by atoms with E-state index in [1.54, 1.807) is 0 Å². The van der Waals surface area contributed by atoms with Gasteiger partial charge >= 0.3 is 12.3 Å². The first-order chi connectivity index (χ1) is 10.2. The third-order valence-electron chi connectivity index (χ3n) is 2.87. The number of hydrogen-bond donors (Lipinski definition) is 1. The fourth-order valence-electron chi connectivity index (χ4n) is 1.73. The van der Waals surface area contributed by atoms with Gasteiger partial charge in [-0.1, -0.05) is 11.6 Å². The molecule has 1 fully saturated rings. The monoisotopic (exact) mass is 337 g/mol. The Morgan fingerprint density at radius 2 is 1.95 bits per heavy atom. The number of nitrogens with one attached hydrogen (secondary N) is 1. The molecule has 1 saturated carbocycles. The van der Waals surface area contributed by atoms with E-state index in [0.717, 1.165) is 32.1 Å². The van der Waals surface area contributed by atoms with E-state index in [9.17, 15) is 22.8 Å². The Morgan fingerprint density at radius 1 is 1.32 bits per heavy atom. The Labute approximate surface area is 128 Å². The highest BCUT2D eigenvalue weighted by Crippen LogP contribution is 2.34. The molecule has 0 spiro atoms. The number of alkyl halides is 3. The lowest BCUT2D eigenvalue weighted by molar-refractivity contribution is -0.274. The molecule has 22 heavy (non-hydrogen) atoms. The summed E-state index contributed by atoms with van der Waals surface area (Å²) in [6, 6.07) is 1.75. The average molecular weight is 338 g/mol. The summed E-state index contributed by atoms with van der Waals surface area (Å²) in [5, 5.41) is 2.05. The number of carbonyl (C=O) groups is 2. The quantitative estimate of drug-likeness (QED) is 0.858. The van der Waals surface area contributed by atoms with Crippen molar-refractivity contribution >= 4 is 23.5 Å². The van der Waals surface area contributed by atoms with Gasteiger partial charge in [-0.05, 0) is 25.0 Å². The topological polar surface area (TPSA) is 64.6 Å². The second-order valence-electron chi connectivity index (χ2n) is 4.59. The highest BCUT2D eigenvalue weighted by molar-refractivity contribution is 6.37. The minimum Gasteiger partial charge on any atom is -0.465 e. The highest BCUT2D eigenvalue weighted by Gasteiger charge is 2.35. The van der Waals surface area contributed by atoms with Crippen molar-refractivity contribution in [2.45, 2.75) is 25.2 Å². The van der Waals surface area contributed by atoms with Crippen LogP contribution in [0.25, 0.3) is 0 Å². The lowest BCUT2D eigenvalue weighted by Crippen LogP contribution is -2.28. The normalized spacial score (nSPS) is 14.4. The molecule has 9 heteroatoms. The van der Waals surface area contributed by atoms with Crippen molar-refractivity contribution < 1.29 is 32.2 Å². The zero-order valence-corrected chi connectivity index (χ0v) is 12.0. The van der Waals surface area contributed by atoms with E-state index in [1.807, 2.05) is 0 Å². The van der Waals surface area contributed by atoms with Crippen molar-refractivity contribution in [3.63, 3.8) is 0 Å². The van der Waals surface area contributed by atoms with E-state index >= 15 is 0 Å². The SMILES string of the molecule is COC(=O)c1ccc(OC(F)(F)F)c(C(=O)NC2CC2)c1Cl. The molecule has 0 saturated heterocycles. The molecule has 1 aliphatic rings. The van der Waals surface area contributed by atoms with Crippen LogP contribution in [0.4, 0.5) is 13.2 Å². The molecule has 0 atom stereocenters. The van der Waals surface area contributed by atoms with Gasteiger partial charge in [-0.3, -0.25) is 4.79 Å². The van der Waals surface area contributed by atoms with Crippen LogP contribution in [0.5, 0.6) is 5.75 Å². The first-order valence-electron chi connectivity index (χ1n) is 6.20. The maximum absolute atomic E-state index is 12.4. The minimum atomic E-state index is -5.00. The van der Waals surface area contributed by atoms with Crippen molar-refractivity contribution in [3.8, 4) is 5.75 Å². The summed E-state index contributed by atoms with van der Waals surface area (Å²) in [4.78, 5) is 23.6. The number of amides is 1. The van der Waals surface area contributed by atoms with Gasteiger partial charge in [0.2, 0.25) is 0 Å². The molecular weight excluding hydrogens is 327 g/mol. The van der Waals surface area contributed by atoms with Gasteiger partial charge in [0, 0.05) is 6.04 Å². The second-order valence-corrected chi connectivity index (χ2v) is 4.97. The molecule has 1 aromatic carbocycles. The standard InChI is InChI=1S/C13H11ClF3NO4/c1-21-12(20)7-4-5-8(22-13(15,16)17)9(10(7)14)11(19)18-6-2-3-6/h4-6H,2-3H2,1H3,(H,18,19). The van der Waals surface area contributed by atoms with Gasteiger partial charge in [-0.25, -0.2) is 4.79 Å². The fourth-order valence-corrected chi connectivity index (χ4v) is 2.05. The molecule has 1 aliphatic carbocycles. The van der Waals surface area contributed by atoms with Gasteiger partial charge in [-0.2, -0.15) is 0 Å². The number of hydrogen-bond acceptors (Lipinski definition) is 4.